The zero-order valence-electron chi connectivity index (χ0n) is 8.31. The van der Waals surface area contributed by atoms with Gasteiger partial charge in [0.25, 0.3) is 0 Å². The first kappa shape index (κ1) is 9.97. The average molecular weight is 211 g/mol. The van der Waals surface area contributed by atoms with Gasteiger partial charge >= 0.3 is 0 Å². The van der Waals surface area contributed by atoms with E-state index in [0.29, 0.717) is 0 Å². The van der Waals surface area contributed by atoms with E-state index < -0.39 is 0 Å². The van der Waals surface area contributed by atoms with Gasteiger partial charge in [-0.05, 0) is 24.6 Å². The molecular formula is C11H15ClN2. The standard InChI is InChI=1S/C11H15ClN2/c1-11(8-13-6-7-14-11)9-2-4-10(12)5-3-9/h2-5,13-14H,6-8H2,1H3. The van der Waals surface area contributed by atoms with E-state index in [2.05, 4.69) is 29.7 Å². The topological polar surface area (TPSA) is 24.1 Å². The van der Waals surface area contributed by atoms with Gasteiger partial charge < -0.3 is 10.6 Å². The molecule has 0 aliphatic carbocycles. The molecule has 0 spiro atoms. The fourth-order valence-corrected chi connectivity index (χ4v) is 1.98. The quantitative estimate of drug-likeness (QED) is 0.738. The highest BCUT2D eigenvalue weighted by Gasteiger charge is 2.27. The van der Waals surface area contributed by atoms with Crippen molar-refractivity contribution in [1.29, 1.82) is 0 Å². The number of nitrogens with one attached hydrogen (secondary N) is 2. The molecule has 1 fully saturated rings. The normalized spacial score (nSPS) is 27.6. The van der Waals surface area contributed by atoms with Crippen molar-refractivity contribution in [2.75, 3.05) is 19.6 Å². The van der Waals surface area contributed by atoms with Crippen molar-refractivity contribution in [1.82, 2.24) is 10.6 Å². The molecule has 0 amide bonds. The molecule has 1 aliphatic heterocycles. The summed E-state index contributed by atoms with van der Waals surface area (Å²) in [7, 11) is 0. The molecule has 0 aromatic heterocycles. The first-order valence-electron chi connectivity index (χ1n) is 4.92. The van der Waals surface area contributed by atoms with Gasteiger partial charge in [-0.2, -0.15) is 0 Å². The molecule has 2 nitrogen and oxygen atoms in total. The molecule has 76 valence electrons. The summed E-state index contributed by atoms with van der Waals surface area (Å²) in [6.07, 6.45) is 0. The van der Waals surface area contributed by atoms with Gasteiger partial charge in [0.2, 0.25) is 0 Å². The first-order chi connectivity index (χ1) is 6.71. The molecule has 1 saturated heterocycles. The zero-order valence-corrected chi connectivity index (χ0v) is 9.06. The summed E-state index contributed by atoms with van der Waals surface area (Å²) in [5.74, 6) is 0. The van der Waals surface area contributed by atoms with Crippen LogP contribution in [0.4, 0.5) is 0 Å². The van der Waals surface area contributed by atoms with Crippen LogP contribution in [-0.2, 0) is 5.54 Å². The maximum atomic E-state index is 5.86. The summed E-state index contributed by atoms with van der Waals surface area (Å²) in [4.78, 5) is 0. The number of piperazine rings is 1. The Bertz CT molecular complexity index is 302. The molecule has 0 saturated carbocycles. The molecule has 1 heterocycles. The highest BCUT2D eigenvalue weighted by molar-refractivity contribution is 6.30. The second kappa shape index (κ2) is 3.89. The lowest BCUT2D eigenvalue weighted by molar-refractivity contribution is 0.303. The van der Waals surface area contributed by atoms with E-state index in [1.165, 1.54) is 5.56 Å². The van der Waals surface area contributed by atoms with Gasteiger partial charge in [0, 0.05) is 24.7 Å². The summed E-state index contributed by atoms with van der Waals surface area (Å²) < 4.78 is 0. The van der Waals surface area contributed by atoms with Crippen molar-refractivity contribution in [3.63, 3.8) is 0 Å². The lowest BCUT2D eigenvalue weighted by Gasteiger charge is -2.36. The molecule has 1 aliphatic rings. The Morgan fingerprint density at radius 2 is 1.93 bits per heavy atom. The molecule has 1 atom stereocenters. The minimum atomic E-state index is 0.0445. The van der Waals surface area contributed by atoms with Crippen LogP contribution in [0.5, 0.6) is 0 Å². The predicted molar refractivity (Wildman–Crippen MR) is 59.7 cm³/mol. The predicted octanol–water partition coefficient (Wildman–Crippen LogP) is 1.75. The first-order valence-corrected chi connectivity index (χ1v) is 5.30. The van der Waals surface area contributed by atoms with Crippen LogP contribution in [0.1, 0.15) is 12.5 Å². The number of halogens is 1. The van der Waals surface area contributed by atoms with E-state index in [1.807, 2.05) is 12.1 Å². The summed E-state index contributed by atoms with van der Waals surface area (Å²) in [6.45, 7) is 5.24. The van der Waals surface area contributed by atoms with Crippen LogP contribution < -0.4 is 10.6 Å². The maximum Gasteiger partial charge on any atom is 0.0532 e. The van der Waals surface area contributed by atoms with Crippen molar-refractivity contribution in [3.05, 3.63) is 34.9 Å². The highest BCUT2D eigenvalue weighted by atomic mass is 35.5. The van der Waals surface area contributed by atoms with Crippen molar-refractivity contribution in [3.8, 4) is 0 Å². The monoisotopic (exact) mass is 210 g/mol. The van der Waals surface area contributed by atoms with Crippen LogP contribution in [0.2, 0.25) is 5.02 Å². The highest BCUT2D eigenvalue weighted by Crippen LogP contribution is 2.22. The van der Waals surface area contributed by atoms with Gasteiger partial charge in [-0.1, -0.05) is 23.7 Å². The SMILES string of the molecule is CC1(c2ccc(Cl)cc2)CNCCN1. The van der Waals surface area contributed by atoms with Crippen molar-refractivity contribution < 1.29 is 0 Å². The fraction of sp³-hybridized carbons (Fsp3) is 0.455. The molecular weight excluding hydrogens is 196 g/mol. The van der Waals surface area contributed by atoms with Crippen LogP contribution in [0.15, 0.2) is 24.3 Å². The van der Waals surface area contributed by atoms with E-state index in [4.69, 9.17) is 11.6 Å². The van der Waals surface area contributed by atoms with Crippen LogP contribution in [-0.4, -0.2) is 19.6 Å². The molecule has 2 N–H and O–H groups in total. The number of hydrogen-bond donors (Lipinski definition) is 2. The molecule has 0 radical (unpaired) electrons. The van der Waals surface area contributed by atoms with Gasteiger partial charge in [0.05, 0.1) is 5.54 Å². The molecule has 1 unspecified atom stereocenters. The van der Waals surface area contributed by atoms with Crippen LogP contribution in [0.25, 0.3) is 0 Å². The Labute approximate surface area is 89.7 Å². The summed E-state index contributed by atoms with van der Waals surface area (Å²) in [5, 5.41) is 7.71. The smallest absolute Gasteiger partial charge is 0.0532 e. The van der Waals surface area contributed by atoms with E-state index in [1.54, 1.807) is 0 Å². The Morgan fingerprint density at radius 3 is 2.50 bits per heavy atom. The molecule has 1 aromatic carbocycles. The summed E-state index contributed by atoms with van der Waals surface area (Å²) in [5.41, 5.74) is 1.33. The number of benzene rings is 1. The van der Waals surface area contributed by atoms with E-state index in [0.717, 1.165) is 24.7 Å². The largest absolute Gasteiger partial charge is 0.313 e. The third kappa shape index (κ3) is 1.92. The number of hydrogen-bond acceptors (Lipinski definition) is 2. The van der Waals surface area contributed by atoms with Gasteiger partial charge in [-0.25, -0.2) is 0 Å². The van der Waals surface area contributed by atoms with Crippen LogP contribution in [0, 0.1) is 0 Å². The second-order valence-corrected chi connectivity index (χ2v) is 4.38. The third-order valence-corrected chi connectivity index (χ3v) is 3.03. The Kier molecular flexibility index (Phi) is 2.77. The minimum Gasteiger partial charge on any atom is -0.313 e. The van der Waals surface area contributed by atoms with Crippen molar-refractivity contribution in [2.24, 2.45) is 0 Å². The lowest BCUT2D eigenvalue weighted by Crippen LogP contribution is -2.54. The van der Waals surface area contributed by atoms with Crippen LogP contribution >= 0.6 is 11.6 Å². The Hall–Kier alpha value is -0.570. The Morgan fingerprint density at radius 1 is 1.21 bits per heavy atom. The number of rotatable bonds is 1. The van der Waals surface area contributed by atoms with E-state index in [-0.39, 0.29) is 5.54 Å². The van der Waals surface area contributed by atoms with Crippen LogP contribution in [0.3, 0.4) is 0 Å². The second-order valence-electron chi connectivity index (χ2n) is 3.94. The van der Waals surface area contributed by atoms with Crippen molar-refractivity contribution >= 4 is 11.6 Å². The third-order valence-electron chi connectivity index (χ3n) is 2.78. The Balaban J connectivity index is 2.23. The lowest BCUT2D eigenvalue weighted by atomic mass is 9.90. The maximum absolute atomic E-state index is 5.86. The molecule has 2 rings (SSSR count). The summed E-state index contributed by atoms with van der Waals surface area (Å²) >= 11 is 5.86. The van der Waals surface area contributed by atoms with Gasteiger partial charge in [-0.3, -0.25) is 0 Å². The van der Waals surface area contributed by atoms with E-state index >= 15 is 0 Å². The van der Waals surface area contributed by atoms with Crippen molar-refractivity contribution in [2.45, 2.75) is 12.5 Å². The molecule has 0 bridgehead atoms. The average Bonchev–Trinajstić information content (AvgIpc) is 2.19. The van der Waals surface area contributed by atoms with Gasteiger partial charge in [0.15, 0.2) is 0 Å². The zero-order chi connectivity index (χ0) is 10.0. The molecule has 3 heteroatoms. The summed E-state index contributed by atoms with van der Waals surface area (Å²) in [6, 6.07) is 8.06. The minimum absolute atomic E-state index is 0.0445. The van der Waals surface area contributed by atoms with E-state index in [9.17, 15) is 0 Å². The molecule has 14 heavy (non-hydrogen) atoms. The fourth-order valence-electron chi connectivity index (χ4n) is 1.85. The molecule has 1 aromatic rings. The van der Waals surface area contributed by atoms with Gasteiger partial charge in [-0.15, -0.1) is 0 Å². The van der Waals surface area contributed by atoms with Gasteiger partial charge in [0.1, 0.15) is 0 Å².